The molecule has 0 aliphatic heterocycles. The van der Waals surface area contributed by atoms with Crippen molar-refractivity contribution in [2.24, 2.45) is 0 Å². The van der Waals surface area contributed by atoms with Gasteiger partial charge in [0.15, 0.2) is 0 Å². The Kier molecular flexibility index (Phi) is 2.68. The third-order valence-electron chi connectivity index (χ3n) is 3.04. The molecule has 4 heteroatoms. The second-order valence-corrected chi connectivity index (χ2v) is 4.21. The van der Waals surface area contributed by atoms with Crippen LogP contribution in [0, 0.1) is 0 Å². The summed E-state index contributed by atoms with van der Waals surface area (Å²) in [5.41, 5.74) is 2.85. The molecule has 0 unspecified atom stereocenters. The standard InChI is InChI=1S/C14H13N3O/c18-14-16-12-6-8-15-10-13(12)17(14)9-7-11-4-2-1-3-5-11/h1-6,8,10H,7,9H2,(H,16,18). The molecular weight excluding hydrogens is 226 g/mol. The van der Waals surface area contributed by atoms with Crippen molar-refractivity contribution >= 4 is 11.0 Å². The molecule has 0 saturated carbocycles. The smallest absolute Gasteiger partial charge is 0.305 e. The summed E-state index contributed by atoms with van der Waals surface area (Å²) in [6, 6.07) is 12.0. The van der Waals surface area contributed by atoms with E-state index in [2.05, 4.69) is 22.1 Å². The van der Waals surface area contributed by atoms with E-state index in [1.54, 1.807) is 17.0 Å². The van der Waals surface area contributed by atoms with Crippen LogP contribution in [0.15, 0.2) is 53.6 Å². The number of hydrogen-bond acceptors (Lipinski definition) is 2. The van der Waals surface area contributed by atoms with Gasteiger partial charge in [0.25, 0.3) is 0 Å². The summed E-state index contributed by atoms with van der Waals surface area (Å²) in [7, 11) is 0. The SMILES string of the molecule is O=c1[nH]c2ccncc2n1CCc1ccccc1. The Balaban J connectivity index is 1.91. The van der Waals surface area contributed by atoms with Crippen LogP contribution in [0.1, 0.15) is 5.56 Å². The number of nitrogens with zero attached hydrogens (tertiary/aromatic N) is 2. The fourth-order valence-corrected chi connectivity index (χ4v) is 2.11. The summed E-state index contributed by atoms with van der Waals surface area (Å²) in [6.45, 7) is 0.661. The Morgan fingerprint density at radius 2 is 2.00 bits per heavy atom. The molecule has 2 aromatic heterocycles. The number of imidazole rings is 1. The van der Waals surface area contributed by atoms with E-state index in [9.17, 15) is 4.79 Å². The van der Waals surface area contributed by atoms with Gasteiger partial charge in [-0.2, -0.15) is 0 Å². The molecule has 3 aromatic rings. The first-order valence-electron chi connectivity index (χ1n) is 5.91. The van der Waals surface area contributed by atoms with Gasteiger partial charge >= 0.3 is 5.69 Å². The normalized spacial score (nSPS) is 10.9. The monoisotopic (exact) mass is 239 g/mol. The minimum absolute atomic E-state index is 0.0751. The third-order valence-corrected chi connectivity index (χ3v) is 3.04. The van der Waals surface area contributed by atoms with Crippen molar-refractivity contribution in [1.82, 2.24) is 14.5 Å². The van der Waals surface area contributed by atoms with Gasteiger partial charge in [-0.3, -0.25) is 9.55 Å². The van der Waals surface area contributed by atoms with E-state index in [1.807, 2.05) is 24.3 Å². The molecule has 0 aliphatic carbocycles. The highest BCUT2D eigenvalue weighted by Gasteiger charge is 2.05. The molecule has 1 N–H and O–H groups in total. The predicted molar refractivity (Wildman–Crippen MR) is 70.5 cm³/mol. The van der Waals surface area contributed by atoms with E-state index < -0.39 is 0 Å². The van der Waals surface area contributed by atoms with Crippen LogP contribution < -0.4 is 5.69 Å². The first kappa shape index (κ1) is 10.8. The number of pyridine rings is 1. The lowest BCUT2D eigenvalue weighted by Gasteiger charge is -2.03. The minimum Gasteiger partial charge on any atom is -0.305 e. The largest absolute Gasteiger partial charge is 0.326 e. The summed E-state index contributed by atoms with van der Waals surface area (Å²) in [5, 5.41) is 0. The lowest BCUT2D eigenvalue weighted by Crippen LogP contribution is -2.17. The summed E-state index contributed by atoms with van der Waals surface area (Å²) >= 11 is 0. The van der Waals surface area contributed by atoms with Crippen LogP contribution in [-0.4, -0.2) is 14.5 Å². The number of rotatable bonds is 3. The quantitative estimate of drug-likeness (QED) is 0.759. The highest BCUT2D eigenvalue weighted by atomic mass is 16.1. The van der Waals surface area contributed by atoms with Crippen LogP contribution >= 0.6 is 0 Å². The van der Waals surface area contributed by atoms with E-state index >= 15 is 0 Å². The Bertz CT molecular complexity index is 712. The van der Waals surface area contributed by atoms with Crippen molar-refractivity contribution in [3.8, 4) is 0 Å². The summed E-state index contributed by atoms with van der Waals surface area (Å²) in [4.78, 5) is 18.7. The van der Waals surface area contributed by atoms with Crippen molar-refractivity contribution in [2.45, 2.75) is 13.0 Å². The Hall–Kier alpha value is -2.36. The number of H-pyrrole nitrogens is 1. The van der Waals surface area contributed by atoms with Gasteiger partial charge in [0.05, 0.1) is 17.2 Å². The number of benzene rings is 1. The first-order chi connectivity index (χ1) is 8.84. The second-order valence-electron chi connectivity index (χ2n) is 4.21. The summed E-state index contributed by atoms with van der Waals surface area (Å²) < 4.78 is 1.73. The lowest BCUT2D eigenvalue weighted by atomic mass is 10.1. The van der Waals surface area contributed by atoms with E-state index in [-0.39, 0.29) is 5.69 Å². The van der Waals surface area contributed by atoms with Crippen molar-refractivity contribution in [3.63, 3.8) is 0 Å². The molecule has 2 heterocycles. The fraction of sp³-hybridized carbons (Fsp3) is 0.143. The zero-order valence-corrected chi connectivity index (χ0v) is 9.84. The Morgan fingerprint density at radius 3 is 2.83 bits per heavy atom. The molecule has 0 atom stereocenters. The average Bonchev–Trinajstić information content (AvgIpc) is 2.73. The number of fused-ring (bicyclic) bond motifs is 1. The highest BCUT2D eigenvalue weighted by molar-refractivity contribution is 5.73. The summed E-state index contributed by atoms with van der Waals surface area (Å²) in [6.07, 6.45) is 4.24. The third kappa shape index (κ3) is 1.93. The molecule has 0 aliphatic rings. The fourth-order valence-electron chi connectivity index (χ4n) is 2.11. The molecule has 0 amide bonds. The van der Waals surface area contributed by atoms with E-state index in [0.717, 1.165) is 17.5 Å². The molecule has 0 radical (unpaired) electrons. The number of hydrogen-bond donors (Lipinski definition) is 1. The number of aryl methyl sites for hydroxylation is 2. The van der Waals surface area contributed by atoms with Gasteiger partial charge in [0.1, 0.15) is 0 Å². The molecule has 90 valence electrons. The van der Waals surface area contributed by atoms with Crippen LogP contribution in [0.25, 0.3) is 11.0 Å². The maximum absolute atomic E-state index is 11.8. The van der Waals surface area contributed by atoms with Crippen LogP contribution in [0.5, 0.6) is 0 Å². The molecule has 1 aromatic carbocycles. The van der Waals surface area contributed by atoms with E-state index in [0.29, 0.717) is 6.54 Å². The maximum Gasteiger partial charge on any atom is 0.326 e. The molecule has 0 bridgehead atoms. The Labute approximate surface area is 104 Å². The zero-order chi connectivity index (χ0) is 12.4. The molecule has 3 rings (SSSR count). The van der Waals surface area contributed by atoms with Gasteiger partial charge in [-0.15, -0.1) is 0 Å². The first-order valence-corrected chi connectivity index (χ1v) is 5.91. The van der Waals surface area contributed by atoms with Crippen molar-refractivity contribution in [2.75, 3.05) is 0 Å². The van der Waals surface area contributed by atoms with Crippen molar-refractivity contribution in [3.05, 3.63) is 64.8 Å². The van der Waals surface area contributed by atoms with Crippen LogP contribution in [0.2, 0.25) is 0 Å². The molecule has 0 saturated heterocycles. The zero-order valence-electron chi connectivity index (χ0n) is 9.84. The average molecular weight is 239 g/mol. The number of aromatic amines is 1. The van der Waals surface area contributed by atoms with Gasteiger partial charge in [0.2, 0.25) is 0 Å². The van der Waals surface area contributed by atoms with Crippen LogP contribution in [0.3, 0.4) is 0 Å². The maximum atomic E-state index is 11.8. The number of nitrogens with one attached hydrogen (secondary N) is 1. The molecular formula is C14H13N3O. The van der Waals surface area contributed by atoms with Gasteiger partial charge < -0.3 is 4.98 Å². The van der Waals surface area contributed by atoms with Crippen LogP contribution in [0.4, 0.5) is 0 Å². The van der Waals surface area contributed by atoms with Crippen LogP contribution in [-0.2, 0) is 13.0 Å². The topological polar surface area (TPSA) is 50.7 Å². The minimum atomic E-state index is -0.0751. The molecule has 0 fully saturated rings. The molecule has 18 heavy (non-hydrogen) atoms. The van der Waals surface area contributed by atoms with E-state index in [4.69, 9.17) is 0 Å². The van der Waals surface area contributed by atoms with Gasteiger partial charge in [-0.25, -0.2) is 4.79 Å². The second kappa shape index (κ2) is 4.49. The van der Waals surface area contributed by atoms with Gasteiger partial charge in [-0.05, 0) is 18.1 Å². The van der Waals surface area contributed by atoms with Gasteiger partial charge in [0, 0.05) is 12.7 Å². The Morgan fingerprint density at radius 1 is 1.17 bits per heavy atom. The summed E-state index contributed by atoms with van der Waals surface area (Å²) in [5.74, 6) is 0. The lowest BCUT2D eigenvalue weighted by molar-refractivity contribution is 0.690. The number of aromatic nitrogens is 3. The highest BCUT2D eigenvalue weighted by Crippen LogP contribution is 2.08. The van der Waals surface area contributed by atoms with Gasteiger partial charge in [-0.1, -0.05) is 30.3 Å². The van der Waals surface area contributed by atoms with Crippen molar-refractivity contribution in [1.29, 1.82) is 0 Å². The van der Waals surface area contributed by atoms with E-state index in [1.165, 1.54) is 5.56 Å². The molecule has 4 nitrogen and oxygen atoms in total. The van der Waals surface area contributed by atoms with Crippen molar-refractivity contribution < 1.29 is 0 Å². The molecule has 0 spiro atoms. The predicted octanol–water partition coefficient (Wildman–Crippen LogP) is 1.97.